The van der Waals surface area contributed by atoms with E-state index >= 15 is 0 Å². The van der Waals surface area contributed by atoms with Crippen LogP contribution in [0.1, 0.15) is 17.8 Å². The summed E-state index contributed by atoms with van der Waals surface area (Å²) in [6.07, 6.45) is 2.14. The average molecular weight is 308 g/mol. The Balaban J connectivity index is 2.16. The topological polar surface area (TPSA) is 29.9 Å². The fourth-order valence-electron chi connectivity index (χ4n) is 1.95. The quantitative estimate of drug-likeness (QED) is 0.860. The van der Waals surface area contributed by atoms with Gasteiger partial charge in [0.1, 0.15) is 0 Å². The number of aryl methyl sites for hydroxylation is 2. The molecule has 0 aliphatic heterocycles. The minimum Gasteiger partial charge on any atom is -0.320 e. The smallest absolute Gasteiger partial charge is 0.0649 e. The number of hydrogen-bond donors (Lipinski definition) is 1. The van der Waals surface area contributed by atoms with E-state index in [1.165, 1.54) is 5.69 Å². The summed E-state index contributed by atoms with van der Waals surface area (Å²) in [4.78, 5) is 0. The lowest BCUT2D eigenvalue weighted by atomic mass is 10.2. The highest BCUT2D eigenvalue weighted by Crippen LogP contribution is 2.16. The summed E-state index contributed by atoms with van der Waals surface area (Å²) in [6.45, 7) is 3.13. The molecule has 0 unspecified atom stereocenters. The summed E-state index contributed by atoms with van der Waals surface area (Å²) in [7, 11) is 1.98. The molecule has 96 valence electrons. The number of nitrogens with zero attached hydrogens (tertiary/aromatic N) is 2. The van der Waals surface area contributed by atoms with Crippen molar-refractivity contribution in [1.82, 2.24) is 15.1 Å². The molecule has 2 aromatic rings. The first-order valence-electron chi connectivity index (χ1n) is 6.17. The van der Waals surface area contributed by atoms with Gasteiger partial charge in [0.15, 0.2) is 0 Å². The van der Waals surface area contributed by atoms with Gasteiger partial charge in [-0.25, -0.2) is 4.68 Å². The van der Waals surface area contributed by atoms with Gasteiger partial charge in [0.2, 0.25) is 0 Å². The number of hydrogen-bond acceptors (Lipinski definition) is 2. The highest BCUT2D eigenvalue weighted by molar-refractivity contribution is 9.10. The third-order valence-corrected chi connectivity index (χ3v) is 3.40. The zero-order valence-electron chi connectivity index (χ0n) is 10.8. The Morgan fingerprint density at radius 3 is 2.67 bits per heavy atom. The minimum atomic E-state index is 1.02. The van der Waals surface area contributed by atoms with Crippen molar-refractivity contribution < 1.29 is 0 Å². The number of benzene rings is 1. The van der Waals surface area contributed by atoms with Crippen LogP contribution in [-0.4, -0.2) is 23.4 Å². The van der Waals surface area contributed by atoms with Crippen LogP contribution >= 0.6 is 15.9 Å². The van der Waals surface area contributed by atoms with Crippen LogP contribution in [0.25, 0.3) is 5.69 Å². The normalized spacial score (nSPS) is 10.8. The molecule has 18 heavy (non-hydrogen) atoms. The van der Waals surface area contributed by atoms with Crippen molar-refractivity contribution >= 4 is 15.9 Å². The predicted octanol–water partition coefficient (Wildman–Crippen LogP) is 3.10. The van der Waals surface area contributed by atoms with E-state index in [9.17, 15) is 0 Å². The summed E-state index contributed by atoms with van der Waals surface area (Å²) in [5, 5.41) is 7.81. The molecule has 0 bridgehead atoms. The van der Waals surface area contributed by atoms with Crippen molar-refractivity contribution in [2.24, 2.45) is 0 Å². The molecular weight excluding hydrogens is 290 g/mol. The Hall–Kier alpha value is -1.13. The van der Waals surface area contributed by atoms with Crippen LogP contribution < -0.4 is 5.32 Å². The van der Waals surface area contributed by atoms with Crippen LogP contribution in [0.3, 0.4) is 0 Å². The van der Waals surface area contributed by atoms with Gasteiger partial charge in [-0.15, -0.1) is 0 Å². The molecule has 0 amide bonds. The Labute approximate surface area is 116 Å². The van der Waals surface area contributed by atoms with Crippen LogP contribution in [0.5, 0.6) is 0 Å². The second kappa shape index (κ2) is 6.16. The van der Waals surface area contributed by atoms with Gasteiger partial charge in [-0.1, -0.05) is 15.9 Å². The van der Waals surface area contributed by atoms with Crippen molar-refractivity contribution in [2.45, 2.75) is 19.8 Å². The van der Waals surface area contributed by atoms with E-state index in [0.717, 1.165) is 35.2 Å². The first kappa shape index (κ1) is 13.3. The first-order chi connectivity index (χ1) is 8.70. The fraction of sp³-hybridized carbons (Fsp3) is 0.357. The van der Waals surface area contributed by atoms with Crippen LogP contribution in [0.4, 0.5) is 0 Å². The van der Waals surface area contributed by atoms with Crippen molar-refractivity contribution in [2.75, 3.05) is 13.6 Å². The van der Waals surface area contributed by atoms with Crippen molar-refractivity contribution in [3.8, 4) is 5.69 Å². The van der Waals surface area contributed by atoms with E-state index in [4.69, 9.17) is 0 Å². The number of nitrogens with one attached hydrogen (secondary N) is 1. The molecule has 0 aliphatic rings. The lowest BCUT2D eigenvalue weighted by Crippen LogP contribution is -2.08. The van der Waals surface area contributed by atoms with Gasteiger partial charge in [-0.05, 0) is 63.7 Å². The van der Waals surface area contributed by atoms with Crippen LogP contribution in [0, 0.1) is 6.92 Å². The molecule has 0 fully saturated rings. The van der Waals surface area contributed by atoms with Crippen LogP contribution in [0.2, 0.25) is 0 Å². The number of aromatic nitrogens is 2. The molecule has 0 aliphatic carbocycles. The summed E-state index contributed by atoms with van der Waals surface area (Å²) >= 11 is 3.45. The maximum absolute atomic E-state index is 4.66. The second-order valence-electron chi connectivity index (χ2n) is 4.37. The number of halogens is 1. The molecule has 1 N–H and O–H groups in total. The lowest BCUT2D eigenvalue weighted by molar-refractivity contribution is 0.705. The SMILES string of the molecule is CNCCCc1cc(C)n(-c2ccc(Br)cc2)n1. The standard InChI is InChI=1S/C14H18BrN3/c1-11-10-13(4-3-9-16-2)17-18(11)14-7-5-12(15)6-8-14/h5-8,10,16H,3-4,9H2,1-2H3. The fourth-order valence-corrected chi connectivity index (χ4v) is 2.21. The van der Waals surface area contributed by atoms with Gasteiger partial charge in [-0.3, -0.25) is 0 Å². The summed E-state index contributed by atoms with van der Waals surface area (Å²) in [5.41, 5.74) is 3.44. The molecule has 1 aromatic carbocycles. The Morgan fingerprint density at radius 1 is 1.28 bits per heavy atom. The summed E-state index contributed by atoms with van der Waals surface area (Å²) < 4.78 is 3.09. The molecular formula is C14H18BrN3. The number of rotatable bonds is 5. The van der Waals surface area contributed by atoms with Crippen LogP contribution in [-0.2, 0) is 6.42 Å². The van der Waals surface area contributed by atoms with Gasteiger partial charge in [-0.2, -0.15) is 5.10 Å². The van der Waals surface area contributed by atoms with Crippen molar-refractivity contribution in [3.05, 3.63) is 46.2 Å². The molecule has 1 aromatic heterocycles. The molecule has 0 saturated carbocycles. The highest BCUT2D eigenvalue weighted by atomic mass is 79.9. The first-order valence-corrected chi connectivity index (χ1v) is 6.96. The van der Waals surface area contributed by atoms with E-state index in [2.05, 4.69) is 51.5 Å². The molecule has 0 radical (unpaired) electrons. The Bertz CT molecular complexity index is 502. The minimum absolute atomic E-state index is 1.02. The predicted molar refractivity (Wildman–Crippen MR) is 78.2 cm³/mol. The van der Waals surface area contributed by atoms with Gasteiger partial charge in [0, 0.05) is 10.2 Å². The molecule has 1 heterocycles. The molecule has 0 saturated heterocycles. The monoisotopic (exact) mass is 307 g/mol. The second-order valence-corrected chi connectivity index (χ2v) is 5.29. The van der Waals surface area contributed by atoms with Gasteiger partial charge in [0.05, 0.1) is 11.4 Å². The zero-order chi connectivity index (χ0) is 13.0. The van der Waals surface area contributed by atoms with E-state index < -0.39 is 0 Å². The summed E-state index contributed by atoms with van der Waals surface area (Å²) in [5.74, 6) is 0. The average Bonchev–Trinajstić information content (AvgIpc) is 2.72. The van der Waals surface area contributed by atoms with Crippen LogP contribution in [0.15, 0.2) is 34.8 Å². The summed E-state index contributed by atoms with van der Waals surface area (Å²) in [6, 6.07) is 10.4. The van der Waals surface area contributed by atoms with E-state index in [0.29, 0.717) is 0 Å². The van der Waals surface area contributed by atoms with E-state index in [-0.39, 0.29) is 0 Å². The molecule has 3 nitrogen and oxygen atoms in total. The van der Waals surface area contributed by atoms with Gasteiger partial charge >= 0.3 is 0 Å². The zero-order valence-corrected chi connectivity index (χ0v) is 12.4. The van der Waals surface area contributed by atoms with Crippen molar-refractivity contribution in [1.29, 1.82) is 0 Å². The third-order valence-electron chi connectivity index (χ3n) is 2.87. The molecule has 0 spiro atoms. The maximum atomic E-state index is 4.66. The molecule has 2 rings (SSSR count). The van der Waals surface area contributed by atoms with E-state index in [1.807, 2.05) is 23.9 Å². The largest absolute Gasteiger partial charge is 0.320 e. The van der Waals surface area contributed by atoms with E-state index in [1.54, 1.807) is 0 Å². The maximum Gasteiger partial charge on any atom is 0.0649 e. The molecule has 4 heteroatoms. The lowest BCUT2D eigenvalue weighted by Gasteiger charge is -2.03. The van der Waals surface area contributed by atoms with Crippen molar-refractivity contribution in [3.63, 3.8) is 0 Å². The third kappa shape index (κ3) is 3.21. The Kier molecular flexibility index (Phi) is 4.55. The van der Waals surface area contributed by atoms with Gasteiger partial charge in [0.25, 0.3) is 0 Å². The Morgan fingerprint density at radius 2 is 2.00 bits per heavy atom. The molecule has 0 atom stereocenters. The highest BCUT2D eigenvalue weighted by Gasteiger charge is 2.05. The van der Waals surface area contributed by atoms with Gasteiger partial charge < -0.3 is 5.32 Å².